The van der Waals surface area contributed by atoms with Gasteiger partial charge in [-0.2, -0.15) is 4.98 Å². The van der Waals surface area contributed by atoms with Gasteiger partial charge in [0.15, 0.2) is 0 Å². The second kappa shape index (κ2) is 7.92. The summed E-state index contributed by atoms with van der Waals surface area (Å²) in [7, 11) is 1.62. The summed E-state index contributed by atoms with van der Waals surface area (Å²) >= 11 is 0. The summed E-state index contributed by atoms with van der Waals surface area (Å²) in [6.07, 6.45) is 0. The van der Waals surface area contributed by atoms with E-state index >= 15 is 0 Å². The minimum atomic E-state index is -0.277. The highest BCUT2D eigenvalue weighted by Crippen LogP contribution is 2.25. The van der Waals surface area contributed by atoms with Gasteiger partial charge in [0.05, 0.1) is 7.11 Å². The third-order valence-electron chi connectivity index (χ3n) is 4.17. The number of benzene rings is 3. The Kier molecular flexibility index (Phi) is 5.01. The van der Waals surface area contributed by atoms with E-state index < -0.39 is 0 Å². The van der Waals surface area contributed by atoms with Crippen molar-refractivity contribution >= 4 is 0 Å². The molecule has 6 heteroatoms. The van der Waals surface area contributed by atoms with E-state index in [1.165, 1.54) is 12.1 Å². The fourth-order valence-electron chi connectivity index (χ4n) is 2.69. The number of methoxy groups -OCH3 is 1. The predicted molar refractivity (Wildman–Crippen MR) is 102 cm³/mol. The Bertz CT molecular complexity index is 1060. The first-order valence-electron chi connectivity index (χ1n) is 8.67. The van der Waals surface area contributed by atoms with Crippen LogP contribution < -0.4 is 9.47 Å². The topological polar surface area (TPSA) is 57.4 Å². The molecule has 3 aromatic carbocycles. The predicted octanol–water partition coefficient (Wildman–Crippen LogP) is 5.13. The van der Waals surface area contributed by atoms with Crippen LogP contribution >= 0.6 is 0 Å². The lowest BCUT2D eigenvalue weighted by Gasteiger charge is -2.06. The molecule has 5 nitrogen and oxygen atoms in total. The number of hydrogen-bond acceptors (Lipinski definition) is 5. The summed E-state index contributed by atoms with van der Waals surface area (Å²) < 4.78 is 29.4. The van der Waals surface area contributed by atoms with Crippen LogP contribution in [0.15, 0.2) is 77.3 Å². The van der Waals surface area contributed by atoms with Crippen LogP contribution in [-0.2, 0) is 6.61 Å². The van der Waals surface area contributed by atoms with E-state index in [1.54, 1.807) is 13.2 Å². The molecule has 4 aromatic rings. The average Bonchev–Trinajstić information content (AvgIpc) is 3.23. The Morgan fingerprint density at radius 1 is 0.893 bits per heavy atom. The lowest BCUT2D eigenvalue weighted by Crippen LogP contribution is -1.95. The van der Waals surface area contributed by atoms with Crippen molar-refractivity contribution in [2.75, 3.05) is 7.11 Å². The van der Waals surface area contributed by atoms with Crippen LogP contribution in [0.2, 0.25) is 0 Å². The van der Waals surface area contributed by atoms with E-state index in [1.807, 2.05) is 54.6 Å². The highest BCUT2D eigenvalue weighted by molar-refractivity contribution is 5.60. The quantitative estimate of drug-likeness (QED) is 0.467. The van der Waals surface area contributed by atoms with Crippen LogP contribution in [0, 0.1) is 5.82 Å². The largest absolute Gasteiger partial charge is 0.497 e. The lowest BCUT2D eigenvalue weighted by molar-refractivity contribution is 0.305. The zero-order chi connectivity index (χ0) is 19.3. The molecule has 140 valence electrons. The summed E-state index contributed by atoms with van der Waals surface area (Å²) in [6, 6.07) is 21.1. The van der Waals surface area contributed by atoms with Gasteiger partial charge in [-0.15, -0.1) is 0 Å². The van der Waals surface area contributed by atoms with E-state index in [0.29, 0.717) is 24.1 Å². The number of rotatable bonds is 6. The van der Waals surface area contributed by atoms with Gasteiger partial charge < -0.3 is 14.0 Å². The molecule has 0 aliphatic carbocycles. The standard InChI is InChI=1S/C22H17FN2O3/c1-26-19-9-7-17(8-10-19)22-24-21(25-28-22)16-5-11-20(12-6-16)27-14-15-3-2-4-18(23)13-15/h2-13H,14H2,1H3. The first-order chi connectivity index (χ1) is 13.7. The van der Waals surface area contributed by atoms with Crippen molar-refractivity contribution in [3.05, 3.63) is 84.2 Å². The van der Waals surface area contributed by atoms with Gasteiger partial charge in [0.1, 0.15) is 23.9 Å². The minimum absolute atomic E-state index is 0.277. The van der Waals surface area contributed by atoms with Crippen LogP contribution in [0.5, 0.6) is 11.5 Å². The first-order valence-corrected chi connectivity index (χ1v) is 8.67. The van der Waals surface area contributed by atoms with Gasteiger partial charge >= 0.3 is 0 Å². The second-order valence-corrected chi connectivity index (χ2v) is 6.09. The highest BCUT2D eigenvalue weighted by Gasteiger charge is 2.11. The summed E-state index contributed by atoms with van der Waals surface area (Å²) in [5.74, 6) is 2.08. The Hall–Kier alpha value is -3.67. The zero-order valence-corrected chi connectivity index (χ0v) is 15.1. The van der Waals surface area contributed by atoms with Gasteiger partial charge in [0.2, 0.25) is 5.82 Å². The molecule has 1 heterocycles. The Balaban J connectivity index is 1.44. The molecule has 0 aliphatic rings. The minimum Gasteiger partial charge on any atom is -0.497 e. The molecule has 0 saturated carbocycles. The highest BCUT2D eigenvalue weighted by atomic mass is 19.1. The number of nitrogens with zero attached hydrogens (tertiary/aromatic N) is 2. The Morgan fingerprint density at radius 2 is 1.61 bits per heavy atom. The van der Waals surface area contributed by atoms with Gasteiger partial charge in [-0.05, 0) is 66.2 Å². The van der Waals surface area contributed by atoms with Crippen molar-refractivity contribution in [1.82, 2.24) is 10.1 Å². The third kappa shape index (κ3) is 4.01. The molecule has 0 amide bonds. The lowest BCUT2D eigenvalue weighted by atomic mass is 10.2. The van der Waals surface area contributed by atoms with E-state index in [9.17, 15) is 4.39 Å². The summed E-state index contributed by atoms with van der Waals surface area (Å²) in [5, 5.41) is 4.04. The van der Waals surface area contributed by atoms with Crippen LogP contribution in [0.1, 0.15) is 5.56 Å². The first kappa shape index (κ1) is 17.7. The molecule has 0 saturated heterocycles. The van der Waals surface area contributed by atoms with E-state index in [0.717, 1.165) is 22.4 Å². The van der Waals surface area contributed by atoms with E-state index in [4.69, 9.17) is 14.0 Å². The summed E-state index contributed by atoms with van der Waals surface area (Å²) in [6.45, 7) is 0.293. The van der Waals surface area contributed by atoms with Gasteiger partial charge in [-0.25, -0.2) is 4.39 Å². The van der Waals surface area contributed by atoms with Crippen LogP contribution in [0.25, 0.3) is 22.8 Å². The number of ether oxygens (including phenoxy) is 2. The molecule has 0 aliphatic heterocycles. The number of hydrogen-bond donors (Lipinski definition) is 0. The molecule has 1 aromatic heterocycles. The monoisotopic (exact) mass is 376 g/mol. The van der Waals surface area contributed by atoms with Crippen molar-refractivity contribution in [3.63, 3.8) is 0 Å². The molecule has 0 N–H and O–H groups in total. The molecule has 0 radical (unpaired) electrons. The smallest absolute Gasteiger partial charge is 0.258 e. The molecule has 0 spiro atoms. The average molecular weight is 376 g/mol. The summed E-state index contributed by atoms with van der Waals surface area (Å²) in [5.41, 5.74) is 2.39. The molecule has 28 heavy (non-hydrogen) atoms. The fraction of sp³-hybridized carbons (Fsp3) is 0.0909. The molecule has 4 rings (SSSR count). The maximum Gasteiger partial charge on any atom is 0.258 e. The van der Waals surface area contributed by atoms with Crippen LogP contribution in [0.3, 0.4) is 0 Å². The van der Waals surface area contributed by atoms with Crippen molar-refractivity contribution in [2.45, 2.75) is 6.61 Å². The number of halogens is 1. The molecule has 0 unspecified atom stereocenters. The molecule has 0 bridgehead atoms. The zero-order valence-electron chi connectivity index (χ0n) is 15.1. The van der Waals surface area contributed by atoms with Gasteiger partial charge in [-0.1, -0.05) is 17.3 Å². The van der Waals surface area contributed by atoms with Crippen molar-refractivity contribution in [2.24, 2.45) is 0 Å². The maximum atomic E-state index is 13.2. The maximum absolute atomic E-state index is 13.2. The van der Waals surface area contributed by atoms with Crippen molar-refractivity contribution in [1.29, 1.82) is 0 Å². The van der Waals surface area contributed by atoms with Crippen LogP contribution in [0.4, 0.5) is 4.39 Å². The SMILES string of the molecule is COc1ccc(-c2nc(-c3ccc(OCc4cccc(F)c4)cc3)no2)cc1. The Labute approximate surface area is 161 Å². The number of aromatic nitrogens is 2. The van der Waals surface area contributed by atoms with E-state index in [-0.39, 0.29) is 5.82 Å². The molecular formula is C22H17FN2O3. The van der Waals surface area contributed by atoms with Gasteiger partial charge in [-0.3, -0.25) is 0 Å². The Morgan fingerprint density at radius 3 is 2.32 bits per heavy atom. The van der Waals surface area contributed by atoms with Crippen molar-refractivity contribution < 1.29 is 18.4 Å². The normalized spacial score (nSPS) is 10.6. The van der Waals surface area contributed by atoms with Crippen molar-refractivity contribution in [3.8, 4) is 34.3 Å². The van der Waals surface area contributed by atoms with Gasteiger partial charge in [0.25, 0.3) is 5.89 Å². The molecule has 0 atom stereocenters. The second-order valence-electron chi connectivity index (χ2n) is 6.09. The third-order valence-corrected chi connectivity index (χ3v) is 4.17. The van der Waals surface area contributed by atoms with Gasteiger partial charge in [0, 0.05) is 11.1 Å². The molecular weight excluding hydrogens is 359 g/mol. The van der Waals surface area contributed by atoms with Crippen LogP contribution in [-0.4, -0.2) is 17.3 Å². The fourth-order valence-corrected chi connectivity index (χ4v) is 2.69. The van der Waals surface area contributed by atoms with E-state index in [2.05, 4.69) is 10.1 Å². The molecule has 0 fully saturated rings. The summed E-state index contributed by atoms with van der Waals surface area (Å²) in [4.78, 5) is 4.44.